The van der Waals surface area contributed by atoms with Crippen molar-refractivity contribution in [1.29, 1.82) is 0 Å². The molecule has 0 aromatic heterocycles. The molecule has 0 spiro atoms. The number of nitro groups is 1. The highest BCUT2D eigenvalue weighted by molar-refractivity contribution is 5.60. The van der Waals surface area contributed by atoms with E-state index in [1.807, 2.05) is 0 Å². The van der Waals surface area contributed by atoms with Crippen molar-refractivity contribution < 1.29 is 9.31 Å². The summed E-state index contributed by atoms with van der Waals surface area (Å²) in [6, 6.07) is 11.9. The molecule has 2 aromatic carbocycles. The normalized spacial score (nSPS) is 9.94. The molecule has 0 heterocycles. The lowest BCUT2D eigenvalue weighted by Crippen LogP contribution is -1.92. The number of nitro benzene ring substituents is 1. The topological polar surface area (TPSA) is 55.2 Å². The van der Waals surface area contributed by atoms with E-state index in [0.29, 0.717) is 11.4 Å². The van der Waals surface area contributed by atoms with E-state index in [4.69, 9.17) is 0 Å². The fraction of sp³-hybridized carbons (Fsp3) is 0. The molecule has 4 nitrogen and oxygen atoms in total. The second-order valence-electron chi connectivity index (χ2n) is 3.44. The molecule has 86 valence electrons. The number of nitrogens with one attached hydrogen (secondary N) is 1. The van der Waals surface area contributed by atoms with Gasteiger partial charge in [0.2, 0.25) is 0 Å². The summed E-state index contributed by atoms with van der Waals surface area (Å²) in [5, 5.41) is 13.4. The quantitative estimate of drug-likeness (QED) is 0.651. The Kier molecular flexibility index (Phi) is 3.00. The Hall–Kier alpha value is -2.43. The van der Waals surface area contributed by atoms with Crippen LogP contribution in [0.1, 0.15) is 0 Å². The maximum atomic E-state index is 12.9. The van der Waals surface area contributed by atoms with Gasteiger partial charge in [-0.15, -0.1) is 0 Å². The minimum Gasteiger partial charge on any atom is -0.355 e. The summed E-state index contributed by atoms with van der Waals surface area (Å²) >= 11 is 0. The molecule has 0 aliphatic heterocycles. The summed E-state index contributed by atoms with van der Waals surface area (Å²) in [4.78, 5) is 9.98. The first-order valence-electron chi connectivity index (χ1n) is 4.92. The van der Waals surface area contributed by atoms with Crippen LogP contribution in [0, 0.1) is 15.9 Å². The van der Waals surface area contributed by atoms with Crippen molar-refractivity contribution in [2.45, 2.75) is 0 Å². The van der Waals surface area contributed by atoms with E-state index in [-0.39, 0.29) is 11.5 Å². The maximum Gasteiger partial charge on any atom is 0.269 e. The van der Waals surface area contributed by atoms with E-state index >= 15 is 0 Å². The zero-order valence-corrected chi connectivity index (χ0v) is 8.76. The van der Waals surface area contributed by atoms with Crippen molar-refractivity contribution in [2.24, 2.45) is 0 Å². The third kappa shape index (κ3) is 2.78. The van der Waals surface area contributed by atoms with E-state index in [9.17, 15) is 14.5 Å². The SMILES string of the molecule is O=[N+]([O-])c1ccc(Nc2cccc(F)c2)cc1. The number of hydrogen-bond acceptors (Lipinski definition) is 3. The van der Waals surface area contributed by atoms with Gasteiger partial charge in [0, 0.05) is 23.5 Å². The van der Waals surface area contributed by atoms with Crippen molar-refractivity contribution in [3.05, 3.63) is 64.5 Å². The molecule has 0 aliphatic carbocycles. The van der Waals surface area contributed by atoms with E-state index in [1.54, 1.807) is 24.3 Å². The lowest BCUT2D eigenvalue weighted by Gasteiger charge is -2.05. The Bertz CT molecular complexity index is 540. The summed E-state index contributed by atoms with van der Waals surface area (Å²) in [5.74, 6) is -0.336. The molecule has 0 amide bonds. The molecule has 2 aromatic rings. The summed E-state index contributed by atoms with van der Waals surface area (Å²) in [7, 11) is 0. The Morgan fingerprint density at radius 3 is 2.35 bits per heavy atom. The van der Waals surface area contributed by atoms with Crippen LogP contribution >= 0.6 is 0 Å². The molecule has 0 bridgehead atoms. The Morgan fingerprint density at radius 1 is 1.06 bits per heavy atom. The van der Waals surface area contributed by atoms with Gasteiger partial charge < -0.3 is 5.32 Å². The molecule has 0 aliphatic rings. The van der Waals surface area contributed by atoms with Crippen LogP contribution in [0.5, 0.6) is 0 Å². The van der Waals surface area contributed by atoms with Crippen molar-refractivity contribution in [2.75, 3.05) is 5.32 Å². The zero-order chi connectivity index (χ0) is 12.3. The van der Waals surface area contributed by atoms with Gasteiger partial charge in [0.25, 0.3) is 5.69 Å². The standard InChI is InChI=1S/C12H9FN2O2/c13-9-2-1-3-11(8-9)14-10-4-6-12(7-5-10)15(16)17/h1-8,14H. The summed E-state index contributed by atoms with van der Waals surface area (Å²) < 4.78 is 12.9. The molecule has 0 radical (unpaired) electrons. The van der Waals surface area contributed by atoms with Crippen molar-refractivity contribution in [3.8, 4) is 0 Å². The largest absolute Gasteiger partial charge is 0.355 e. The zero-order valence-electron chi connectivity index (χ0n) is 8.76. The van der Waals surface area contributed by atoms with Gasteiger partial charge in [0.15, 0.2) is 0 Å². The van der Waals surface area contributed by atoms with Gasteiger partial charge in [-0.05, 0) is 30.3 Å². The first-order chi connectivity index (χ1) is 8.15. The van der Waals surface area contributed by atoms with Crippen LogP contribution in [-0.4, -0.2) is 4.92 Å². The number of anilines is 2. The van der Waals surface area contributed by atoms with Crippen LogP contribution in [0.25, 0.3) is 0 Å². The molecule has 17 heavy (non-hydrogen) atoms. The molecule has 0 unspecified atom stereocenters. The van der Waals surface area contributed by atoms with E-state index in [0.717, 1.165) is 0 Å². The van der Waals surface area contributed by atoms with Crippen LogP contribution in [0.4, 0.5) is 21.5 Å². The first-order valence-corrected chi connectivity index (χ1v) is 4.92. The fourth-order valence-electron chi connectivity index (χ4n) is 1.40. The molecule has 0 atom stereocenters. The van der Waals surface area contributed by atoms with Gasteiger partial charge in [0.1, 0.15) is 5.82 Å². The number of nitrogens with zero attached hydrogens (tertiary/aromatic N) is 1. The highest BCUT2D eigenvalue weighted by Gasteiger charge is 2.03. The Balaban J connectivity index is 2.16. The minimum atomic E-state index is -0.466. The predicted octanol–water partition coefficient (Wildman–Crippen LogP) is 3.48. The number of rotatable bonds is 3. The number of non-ortho nitro benzene ring substituents is 1. The number of benzene rings is 2. The van der Waals surface area contributed by atoms with Crippen molar-refractivity contribution >= 4 is 17.1 Å². The fourth-order valence-corrected chi connectivity index (χ4v) is 1.40. The molecule has 0 saturated heterocycles. The number of halogens is 1. The molecular weight excluding hydrogens is 223 g/mol. The van der Waals surface area contributed by atoms with Crippen LogP contribution in [-0.2, 0) is 0 Å². The van der Waals surface area contributed by atoms with Gasteiger partial charge >= 0.3 is 0 Å². The van der Waals surface area contributed by atoms with Crippen LogP contribution in [0.3, 0.4) is 0 Å². The first kappa shape index (κ1) is 11.1. The Morgan fingerprint density at radius 2 is 1.76 bits per heavy atom. The van der Waals surface area contributed by atoms with Crippen molar-refractivity contribution in [1.82, 2.24) is 0 Å². The minimum absolute atomic E-state index is 0.0230. The van der Waals surface area contributed by atoms with Crippen LogP contribution in [0.15, 0.2) is 48.5 Å². The molecule has 5 heteroatoms. The molecular formula is C12H9FN2O2. The second kappa shape index (κ2) is 4.61. The molecule has 0 saturated carbocycles. The number of hydrogen-bond donors (Lipinski definition) is 1. The van der Waals surface area contributed by atoms with Gasteiger partial charge in [-0.3, -0.25) is 10.1 Å². The summed E-state index contributed by atoms with van der Waals surface area (Å²) in [6.07, 6.45) is 0. The second-order valence-corrected chi connectivity index (χ2v) is 3.44. The molecule has 2 rings (SSSR count). The van der Waals surface area contributed by atoms with Gasteiger partial charge in [0.05, 0.1) is 4.92 Å². The van der Waals surface area contributed by atoms with E-state index < -0.39 is 4.92 Å². The highest BCUT2D eigenvalue weighted by Crippen LogP contribution is 2.20. The smallest absolute Gasteiger partial charge is 0.269 e. The van der Waals surface area contributed by atoms with E-state index in [1.165, 1.54) is 24.3 Å². The van der Waals surface area contributed by atoms with Gasteiger partial charge in [-0.25, -0.2) is 4.39 Å². The van der Waals surface area contributed by atoms with Gasteiger partial charge in [-0.1, -0.05) is 6.07 Å². The predicted molar refractivity (Wildman–Crippen MR) is 62.8 cm³/mol. The molecule has 0 fully saturated rings. The lowest BCUT2D eigenvalue weighted by molar-refractivity contribution is -0.384. The highest BCUT2D eigenvalue weighted by atomic mass is 19.1. The monoisotopic (exact) mass is 232 g/mol. The summed E-state index contributed by atoms with van der Waals surface area (Å²) in [5.41, 5.74) is 1.29. The average molecular weight is 232 g/mol. The Labute approximate surface area is 96.9 Å². The maximum absolute atomic E-state index is 12.9. The van der Waals surface area contributed by atoms with Crippen molar-refractivity contribution in [3.63, 3.8) is 0 Å². The average Bonchev–Trinajstić information content (AvgIpc) is 2.29. The molecule has 1 N–H and O–H groups in total. The van der Waals surface area contributed by atoms with E-state index in [2.05, 4.69) is 5.32 Å². The van der Waals surface area contributed by atoms with Crippen LogP contribution < -0.4 is 5.32 Å². The summed E-state index contributed by atoms with van der Waals surface area (Å²) in [6.45, 7) is 0. The van der Waals surface area contributed by atoms with Crippen LogP contribution in [0.2, 0.25) is 0 Å². The lowest BCUT2D eigenvalue weighted by atomic mass is 10.2. The third-order valence-electron chi connectivity index (χ3n) is 2.19. The van der Waals surface area contributed by atoms with Gasteiger partial charge in [-0.2, -0.15) is 0 Å². The third-order valence-corrected chi connectivity index (χ3v) is 2.19.